The predicted molar refractivity (Wildman–Crippen MR) is 113 cm³/mol. The molecule has 1 aromatic heterocycles. The van der Waals surface area contributed by atoms with E-state index in [2.05, 4.69) is 16.8 Å². The van der Waals surface area contributed by atoms with Gasteiger partial charge in [0.2, 0.25) is 5.92 Å². The minimum atomic E-state index is -4.49. The normalized spacial score (nSPS) is 23.9. The number of Topliss-reactive ketones (excluding diaryl/α,β-unsaturated/α-hetero) is 1. The van der Waals surface area contributed by atoms with Crippen LogP contribution in [0.15, 0.2) is 30.5 Å². The first-order chi connectivity index (χ1) is 15.0. The Labute approximate surface area is 184 Å². The summed E-state index contributed by atoms with van der Waals surface area (Å²) in [7, 11) is 0. The van der Waals surface area contributed by atoms with Crippen LogP contribution in [-0.4, -0.2) is 29.8 Å². The Balaban J connectivity index is 1.46. The summed E-state index contributed by atoms with van der Waals surface area (Å²) in [5, 5.41) is 0.451. The van der Waals surface area contributed by atoms with Gasteiger partial charge in [-0.25, -0.2) is 8.78 Å². The van der Waals surface area contributed by atoms with Crippen molar-refractivity contribution in [3.05, 3.63) is 36.0 Å². The number of halogens is 5. The van der Waals surface area contributed by atoms with Crippen LogP contribution >= 0.6 is 0 Å². The average molecular weight is 454 g/mol. The molecule has 174 valence electrons. The average Bonchev–Trinajstić information content (AvgIpc) is 2.68. The van der Waals surface area contributed by atoms with Crippen LogP contribution in [0.2, 0.25) is 0 Å². The molecule has 0 spiro atoms. The maximum absolute atomic E-state index is 13.4. The number of alkyl halides is 5. The Morgan fingerprint density at radius 1 is 1.16 bits per heavy atom. The first-order valence-corrected chi connectivity index (χ1v) is 11.1. The minimum absolute atomic E-state index is 0.0678. The summed E-state index contributed by atoms with van der Waals surface area (Å²) in [4.78, 5) is 18.6. The molecule has 32 heavy (non-hydrogen) atoms. The van der Waals surface area contributed by atoms with Gasteiger partial charge >= 0.3 is 6.18 Å². The number of ketones is 1. The summed E-state index contributed by atoms with van der Waals surface area (Å²) in [6, 6.07) is 5.87. The van der Waals surface area contributed by atoms with E-state index < -0.39 is 17.7 Å². The quantitative estimate of drug-likeness (QED) is 0.467. The third-order valence-corrected chi connectivity index (χ3v) is 6.66. The number of carbonyl (C=O) groups is 1. The molecule has 2 aromatic rings. The van der Waals surface area contributed by atoms with E-state index in [1.54, 1.807) is 12.1 Å². The van der Waals surface area contributed by atoms with E-state index in [1.165, 1.54) is 12.3 Å². The molecule has 2 fully saturated rings. The molecule has 1 saturated heterocycles. The second-order valence-corrected chi connectivity index (χ2v) is 9.55. The lowest BCUT2D eigenvalue weighted by Crippen LogP contribution is -2.40. The number of hydrogen-bond donors (Lipinski definition) is 0. The largest absolute Gasteiger partial charge is 0.418 e. The predicted octanol–water partition coefficient (Wildman–Crippen LogP) is 6.50. The molecule has 2 heterocycles. The first kappa shape index (κ1) is 22.9. The molecule has 1 saturated carbocycles. The van der Waals surface area contributed by atoms with Gasteiger partial charge in [-0.05, 0) is 54.9 Å². The Bertz CT molecular complexity index is 982. The van der Waals surface area contributed by atoms with E-state index in [1.807, 2.05) is 0 Å². The summed E-state index contributed by atoms with van der Waals surface area (Å²) >= 11 is 0. The molecule has 0 amide bonds. The zero-order valence-electron chi connectivity index (χ0n) is 18.0. The molecule has 8 heteroatoms. The fourth-order valence-corrected chi connectivity index (χ4v) is 5.27. The molecule has 1 aromatic carbocycles. The maximum atomic E-state index is 13.4. The summed E-state index contributed by atoms with van der Waals surface area (Å²) in [6.45, 7) is 3.34. The van der Waals surface area contributed by atoms with Crippen molar-refractivity contribution in [2.45, 2.75) is 57.5 Å². The molecular formula is C24H27F5N2O. The van der Waals surface area contributed by atoms with E-state index in [-0.39, 0.29) is 41.9 Å². The second-order valence-electron chi connectivity index (χ2n) is 9.55. The molecule has 0 N–H and O–H groups in total. The van der Waals surface area contributed by atoms with Gasteiger partial charge in [-0.1, -0.05) is 6.92 Å². The Morgan fingerprint density at radius 3 is 2.59 bits per heavy atom. The highest BCUT2D eigenvalue weighted by Crippen LogP contribution is 2.45. The minimum Gasteiger partial charge on any atom is -0.370 e. The van der Waals surface area contributed by atoms with Gasteiger partial charge in [0.1, 0.15) is 5.78 Å². The molecule has 2 atom stereocenters. The zero-order valence-corrected chi connectivity index (χ0v) is 18.0. The summed E-state index contributed by atoms with van der Waals surface area (Å²) in [5.74, 6) is -2.18. The van der Waals surface area contributed by atoms with Crippen molar-refractivity contribution < 1.29 is 26.7 Å². The van der Waals surface area contributed by atoms with Crippen LogP contribution in [0.3, 0.4) is 0 Å². The number of benzene rings is 1. The lowest BCUT2D eigenvalue weighted by atomic mass is 9.77. The fourth-order valence-electron chi connectivity index (χ4n) is 5.27. The highest BCUT2D eigenvalue weighted by molar-refractivity contribution is 5.94. The third kappa shape index (κ3) is 5.04. The fraction of sp³-hybridized carbons (Fsp3) is 0.583. The lowest BCUT2D eigenvalue weighted by molar-refractivity contribution is -0.136. The van der Waals surface area contributed by atoms with Crippen molar-refractivity contribution in [1.82, 2.24) is 4.98 Å². The smallest absolute Gasteiger partial charge is 0.370 e. The van der Waals surface area contributed by atoms with Crippen molar-refractivity contribution in [3.63, 3.8) is 0 Å². The molecule has 0 bridgehead atoms. The zero-order chi connectivity index (χ0) is 23.1. The van der Waals surface area contributed by atoms with Crippen LogP contribution in [0.5, 0.6) is 0 Å². The van der Waals surface area contributed by atoms with Crippen LogP contribution in [0, 0.1) is 17.8 Å². The van der Waals surface area contributed by atoms with Crippen molar-refractivity contribution in [3.8, 4) is 0 Å². The number of anilines is 1. The van der Waals surface area contributed by atoms with Gasteiger partial charge in [-0.3, -0.25) is 9.78 Å². The van der Waals surface area contributed by atoms with Gasteiger partial charge in [0.05, 0.1) is 11.1 Å². The molecule has 2 aliphatic rings. The van der Waals surface area contributed by atoms with Crippen LogP contribution < -0.4 is 4.90 Å². The summed E-state index contributed by atoms with van der Waals surface area (Å²) in [5.41, 5.74) is -0.127. The Hall–Kier alpha value is -2.25. The topological polar surface area (TPSA) is 33.2 Å². The number of nitrogens with zero attached hydrogens (tertiary/aromatic N) is 2. The number of pyridine rings is 1. The number of rotatable bonds is 6. The molecule has 0 radical (unpaired) electrons. The van der Waals surface area contributed by atoms with Crippen molar-refractivity contribution in [2.24, 2.45) is 17.8 Å². The molecule has 1 aliphatic heterocycles. The van der Waals surface area contributed by atoms with Crippen LogP contribution in [-0.2, 0) is 11.0 Å². The molecular weight excluding hydrogens is 427 g/mol. The van der Waals surface area contributed by atoms with E-state index in [0.717, 1.165) is 12.5 Å². The van der Waals surface area contributed by atoms with Crippen LogP contribution in [0.1, 0.15) is 51.0 Å². The standard InChI is InChI=1S/C24H27F5N2O/c1-15-9-17(10-18(32)5-4-16-11-23(25,26)12-16)14-31(13-15)21-7-6-20(24(27,28)29)22-19(21)3-2-8-30-22/h2-3,6-8,15-17H,4-5,9-14H2,1H3/t15-,17-/m0/s1. The Morgan fingerprint density at radius 2 is 1.91 bits per heavy atom. The van der Waals surface area contributed by atoms with Crippen molar-refractivity contribution in [2.75, 3.05) is 18.0 Å². The maximum Gasteiger partial charge on any atom is 0.418 e. The van der Waals surface area contributed by atoms with Crippen LogP contribution in [0.4, 0.5) is 27.6 Å². The van der Waals surface area contributed by atoms with Gasteiger partial charge in [0.15, 0.2) is 0 Å². The van der Waals surface area contributed by atoms with Crippen molar-refractivity contribution in [1.29, 1.82) is 0 Å². The van der Waals surface area contributed by atoms with Gasteiger partial charge in [0, 0.05) is 56.0 Å². The Kier molecular flexibility index (Phi) is 6.16. The SMILES string of the molecule is C[C@H]1C[C@@H](CC(=O)CCC2CC(F)(F)C2)CN(c2ccc(C(F)(F)F)c3ncccc23)C1. The molecule has 3 nitrogen and oxygen atoms in total. The van der Waals surface area contributed by atoms with Crippen LogP contribution in [0.25, 0.3) is 10.9 Å². The van der Waals surface area contributed by atoms with Gasteiger partial charge < -0.3 is 4.90 Å². The molecule has 4 rings (SSSR count). The van der Waals surface area contributed by atoms with Crippen molar-refractivity contribution >= 4 is 22.4 Å². The third-order valence-electron chi connectivity index (χ3n) is 6.66. The molecule has 0 unspecified atom stereocenters. The van der Waals surface area contributed by atoms with Gasteiger partial charge in [-0.2, -0.15) is 13.2 Å². The molecule has 1 aliphatic carbocycles. The van der Waals surface area contributed by atoms with E-state index in [4.69, 9.17) is 0 Å². The second kappa shape index (κ2) is 8.60. The van der Waals surface area contributed by atoms with Gasteiger partial charge in [-0.15, -0.1) is 0 Å². The number of aromatic nitrogens is 1. The highest BCUT2D eigenvalue weighted by atomic mass is 19.4. The van der Waals surface area contributed by atoms with E-state index in [0.29, 0.717) is 43.4 Å². The number of piperidine rings is 1. The van der Waals surface area contributed by atoms with E-state index >= 15 is 0 Å². The number of hydrogen-bond acceptors (Lipinski definition) is 3. The number of carbonyl (C=O) groups excluding carboxylic acids is 1. The summed E-state index contributed by atoms with van der Waals surface area (Å²) < 4.78 is 66.2. The highest BCUT2D eigenvalue weighted by Gasteiger charge is 2.44. The van der Waals surface area contributed by atoms with E-state index in [9.17, 15) is 26.7 Å². The lowest BCUT2D eigenvalue weighted by Gasteiger charge is -2.38. The number of fused-ring (bicyclic) bond motifs is 1. The first-order valence-electron chi connectivity index (χ1n) is 11.1. The monoisotopic (exact) mass is 454 g/mol. The van der Waals surface area contributed by atoms with Gasteiger partial charge in [0.25, 0.3) is 0 Å². The summed E-state index contributed by atoms with van der Waals surface area (Å²) in [6.07, 6.45) is -1.30.